The van der Waals surface area contributed by atoms with Crippen LogP contribution in [0.5, 0.6) is 0 Å². The minimum atomic E-state index is 0.206. The van der Waals surface area contributed by atoms with E-state index in [4.69, 9.17) is 0 Å². The molecule has 0 aromatic carbocycles. The van der Waals surface area contributed by atoms with Gasteiger partial charge in [0.15, 0.2) is 0 Å². The van der Waals surface area contributed by atoms with Gasteiger partial charge in [-0.2, -0.15) is 5.10 Å². The van der Waals surface area contributed by atoms with Crippen LogP contribution in [0.1, 0.15) is 34.2 Å². The zero-order valence-corrected chi connectivity index (χ0v) is 12.7. The Balaban J connectivity index is 1.73. The Hall–Kier alpha value is -1.62. The second-order valence-corrected chi connectivity index (χ2v) is 6.75. The molecule has 0 unspecified atom stereocenters. The number of thiophene rings is 1. The van der Waals surface area contributed by atoms with Crippen LogP contribution in [0.15, 0.2) is 24.5 Å². The Morgan fingerprint density at radius 1 is 1.50 bits per heavy atom. The van der Waals surface area contributed by atoms with Gasteiger partial charge >= 0.3 is 0 Å². The third-order valence-corrected chi connectivity index (χ3v) is 4.80. The highest BCUT2D eigenvalue weighted by Crippen LogP contribution is 2.32. The first kappa shape index (κ1) is 13.4. The summed E-state index contributed by atoms with van der Waals surface area (Å²) < 4.78 is 1.80. The van der Waals surface area contributed by atoms with Gasteiger partial charge in [0.1, 0.15) is 0 Å². The summed E-state index contributed by atoms with van der Waals surface area (Å²) in [5, 5.41) is 4.22. The van der Waals surface area contributed by atoms with Gasteiger partial charge < -0.3 is 4.90 Å². The molecule has 2 aromatic rings. The highest BCUT2D eigenvalue weighted by atomic mass is 32.1. The Bertz CT molecular complexity index is 616. The molecule has 1 aliphatic heterocycles. The monoisotopic (exact) mass is 289 g/mol. The molecule has 1 aliphatic rings. The first-order chi connectivity index (χ1) is 9.63. The first-order valence-corrected chi connectivity index (χ1v) is 7.78. The van der Waals surface area contributed by atoms with Crippen molar-refractivity contribution in [1.82, 2.24) is 14.7 Å². The summed E-state index contributed by atoms with van der Waals surface area (Å²) in [5.41, 5.74) is 1.15. The first-order valence-electron chi connectivity index (χ1n) is 6.97. The van der Waals surface area contributed by atoms with Gasteiger partial charge in [-0.3, -0.25) is 9.48 Å². The molecule has 106 valence electrons. The topological polar surface area (TPSA) is 38.1 Å². The van der Waals surface area contributed by atoms with Crippen LogP contribution in [0.4, 0.5) is 0 Å². The molecule has 0 aliphatic carbocycles. The average Bonchev–Trinajstić information content (AvgIpc) is 3.09. The van der Waals surface area contributed by atoms with Crippen LogP contribution in [0.25, 0.3) is 0 Å². The summed E-state index contributed by atoms with van der Waals surface area (Å²) in [6.45, 7) is 2.94. The Labute approximate surface area is 123 Å². The van der Waals surface area contributed by atoms with E-state index in [2.05, 4.69) is 24.2 Å². The van der Waals surface area contributed by atoms with Crippen molar-refractivity contribution in [2.75, 3.05) is 6.54 Å². The van der Waals surface area contributed by atoms with Crippen molar-refractivity contribution in [3.63, 3.8) is 0 Å². The van der Waals surface area contributed by atoms with E-state index in [1.807, 2.05) is 24.3 Å². The molecule has 3 heterocycles. The van der Waals surface area contributed by atoms with E-state index in [-0.39, 0.29) is 11.9 Å². The van der Waals surface area contributed by atoms with E-state index < -0.39 is 0 Å². The van der Waals surface area contributed by atoms with Gasteiger partial charge in [-0.15, -0.1) is 11.3 Å². The summed E-state index contributed by atoms with van der Waals surface area (Å²) in [6.07, 6.45) is 6.54. The quantitative estimate of drug-likeness (QED) is 0.871. The Kier molecular flexibility index (Phi) is 3.61. The molecule has 1 atom stereocenters. The molecule has 4 nitrogen and oxygen atoms in total. The molecule has 2 aromatic heterocycles. The second-order valence-electron chi connectivity index (χ2n) is 5.38. The molecule has 0 spiro atoms. The van der Waals surface area contributed by atoms with Crippen LogP contribution in [0.3, 0.4) is 0 Å². The van der Waals surface area contributed by atoms with Crippen molar-refractivity contribution in [1.29, 1.82) is 0 Å². The van der Waals surface area contributed by atoms with Crippen LogP contribution in [-0.4, -0.2) is 27.1 Å². The van der Waals surface area contributed by atoms with E-state index >= 15 is 0 Å². The third-order valence-electron chi connectivity index (χ3n) is 3.80. The molecule has 0 bridgehead atoms. The second kappa shape index (κ2) is 5.40. The van der Waals surface area contributed by atoms with Crippen molar-refractivity contribution >= 4 is 17.2 Å². The molecule has 5 heteroatoms. The molecular weight excluding hydrogens is 270 g/mol. The number of hydrogen-bond acceptors (Lipinski definition) is 3. The molecule has 1 amide bonds. The standard InChI is InChI=1S/C15H19N3OS/c1-11-5-6-13(20-11)8-15(19)18-7-3-4-14(18)12-9-16-17(2)10-12/h5-6,9-10,14H,3-4,7-8H2,1-2H3/t14-/m1/s1. The van der Waals surface area contributed by atoms with E-state index in [9.17, 15) is 4.79 Å². The van der Waals surface area contributed by atoms with Gasteiger partial charge in [0, 0.05) is 35.1 Å². The number of aryl methyl sites for hydroxylation is 2. The van der Waals surface area contributed by atoms with Gasteiger partial charge in [0.05, 0.1) is 18.7 Å². The van der Waals surface area contributed by atoms with E-state index in [1.165, 1.54) is 4.88 Å². The summed E-state index contributed by atoms with van der Waals surface area (Å²) in [5.74, 6) is 0.234. The van der Waals surface area contributed by atoms with Crippen LogP contribution < -0.4 is 0 Å². The molecule has 20 heavy (non-hydrogen) atoms. The maximum Gasteiger partial charge on any atom is 0.228 e. The van der Waals surface area contributed by atoms with E-state index in [0.29, 0.717) is 6.42 Å². The third kappa shape index (κ3) is 2.63. The SMILES string of the molecule is Cc1ccc(CC(=O)N2CCC[C@@H]2c2cnn(C)c2)s1. The molecule has 0 saturated carbocycles. The van der Waals surface area contributed by atoms with Crippen molar-refractivity contribution in [3.8, 4) is 0 Å². The summed E-state index contributed by atoms with van der Waals surface area (Å²) in [6, 6.07) is 4.35. The minimum absolute atomic E-state index is 0.206. The molecule has 0 N–H and O–H groups in total. The predicted octanol–water partition coefficient (Wildman–Crippen LogP) is 2.70. The van der Waals surface area contributed by atoms with Crippen molar-refractivity contribution in [3.05, 3.63) is 39.8 Å². The zero-order chi connectivity index (χ0) is 14.1. The molecule has 3 rings (SSSR count). The fourth-order valence-electron chi connectivity index (χ4n) is 2.85. The maximum atomic E-state index is 12.5. The van der Waals surface area contributed by atoms with Crippen molar-refractivity contribution < 1.29 is 4.79 Å². The maximum absolute atomic E-state index is 12.5. The van der Waals surface area contributed by atoms with Gasteiger partial charge in [0.25, 0.3) is 0 Å². The van der Waals surface area contributed by atoms with Crippen molar-refractivity contribution in [2.24, 2.45) is 7.05 Å². The van der Waals surface area contributed by atoms with Gasteiger partial charge in [-0.1, -0.05) is 0 Å². The summed E-state index contributed by atoms with van der Waals surface area (Å²) in [7, 11) is 1.92. The summed E-state index contributed by atoms with van der Waals surface area (Å²) >= 11 is 1.71. The van der Waals surface area contributed by atoms with Crippen molar-refractivity contribution in [2.45, 2.75) is 32.2 Å². The lowest BCUT2D eigenvalue weighted by atomic mass is 10.1. The van der Waals surface area contributed by atoms with E-state index in [1.54, 1.807) is 16.0 Å². The number of likely N-dealkylation sites (tertiary alicyclic amines) is 1. The smallest absolute Gasteiger partial charge is 0.228 e. The molecule has 1 fully saturated rings. The molecule has 1 saturated heterocycles. The number of rotatable bonds is 3. The summed E-state index contributed by atoms with van der Waals surface area (Å²) in [4.78, 5) is 17.0. The molecule has 0 radical (unpaired) electrons. The van der Waals surface area contributed by atoms with Crippen LogP contribution in [0, 0.1) is 6.92 Å². The lowest BCUT2D eigenvalue weighted by Gasteiger charge is -2.23. The van der Waals surface area contributed by atoms with Gasteiger partial charge in [-0.05, 0) is 31.9 Å². The van der Waals surface area contributed by atoms with Gasteiger partial charge in [-0.25, -0.2) is 0 Å². The lowest BCUT2D eigenvalue weighted by molar-refractivity contribution is -0.131. The molecular formula is C15H19N3OS. The lowest BCUT2D eigenvalue weighted by Crippen LogP contribution is -2.31. The predicted molar refractivity (Wildman–Crippen MR) is 79.7 cm³/mol. The van der Waals surface area contributed by atoms with Crippen LogP contribution in [-0.2, 0) is 18.3 Å². The highest BCUT2D eigenvalue weighted by molar-refractivity contribution is 7.12. The largest absolute Gasteiger partial charge is 0.335 e. The number of aromatic nitrogens is 2. The Morgan fingerprint density at radius 2 is 2.35 bits per heavy atom. The van der Waals surface area contributed by atoms with Crippen LogP contribution in [0.2, 0.25) is 0 Å². The fourth-order valence-corrected chi connectivity index (χ4v) is 3.74. The van der Waals surface area contributed by atoms with E-state index in [0.717, 1.165) is 29.8 Å². The minimum Gasteiger partial charge on any atom is -0.335 e. The Morgan fingerprint density at radius 3 is 3.00 bits per heavy atom. The normalized spacial score (nSPS) is 18.7. The number of hydrogen-bond donors (Lipinski definition) is 0. The number of carbonyl (C=O) groups excluding carboxylic acids is 1. The zero-order valence-electron chi connectivity index (χ0n) is 11.9. The highest BCUT2D eigenvalue weighted by Gasteiger charge is 2.30. The number of amides is 1. The number of carbonyl (C=O) groups is 1. The van der Waals surface area contributed by atoms with Gasteiger partial charge in [0.2, 0.25) is 5.91 Å². The average molecular weight is 289 g/mol. The number of nitrogens with zero attached hydrogens (tertiary/aromatic N) is 3. The fraction of sp³-hybridized carbons (Fsp3) is 0.467. The van der Waals surface area contributed by atoms with Crippen LogP contribution >= 0.6 is 11.3 Å².